The summed E-state index contributed by atoms with van der Waals surface area (Å²) in [6.45, 7) is 7.76. The van der Waals surface area contributed by atoms with Crippen molar-refractivity contribution in [3.63, 3.8) is 0 Å². The van der Waals surface area contributed by atoms with Crippen molar-refractivity contribution in [2.75, 3.05) is 0 Å². The molecule has 0 aliphatic rings. The lowest BCUT2D eigenvalue weighted by Gasteiger charge is -2.20. The van der Waals surface area contributed by atoms with E-state index < -0.39 is 5.82 Å². The second kappa shape index (κ2) is 12.2. The van der Waals surface area contributed by atoms with Crippen LogP contribution >= 0.6 is 0 Å². The molecule has 0 unspecified atom stereocenters. The van der Waals surface area contributed by atoms with Gasteiger partial charge in [-0.25, -0.2) is 9.37 Å². The van der Waals surface area contributed by atoms with Crippen molar-refractivity contribution < 1.29 is 13.9 Å². The Morgan fingerprint density at radius 2 is 1.71 bits per heavy atom. The van der Waals surface area contributed by atoms with Crippen LogP contribution < -0.4 is 10.2 Å². The summed E-state index contributed by atoms with van der Waals surface area (Å²) in [6.07, 6.45) is 6.88. The summed E-state index contributed by atoms with van der Waals surface area (Å²) in [7, 11) is 0. The summed E-state index contributed by atoms with van der Waals surface area (Å²) in [4.78, 5) is 40.6. The second-order valence-corrected chi connectivity index (χ2v) is 11.2. The molecule has 2 aromatic carbocycles. The van der Waals surface area contributed by atoms with Crippen molar-refractivity contribution in [1.29, 1.82) is 0 Å². The molecule has 6 rings (SSSR count). The molecule has 0 N–H and O–H groups in total. The molecule has 0 aliphatic carbocycles. The van der Waals surface area contributed by atoms with Crippen LogP contribution in [0.5, 0.6) is 11.5 Å². The Morgan fingerprint density at radius 3 is 2.40 bits per heavy atom. The molecule has 4 aromatic heterocycles. The fourth-order valence-electron chi connectivity index (χ4n) is 5.53. The first kappa shape index (κ1) is 29.6. The maximum absolute atomic E-state index is 13.6. The first-order chi connectivity index (χ1) is 21.7. The molecular formula is C37H31FN4O3. The fourth-order valence-corrected chi connectivity index (χ4v) is 5.53. The van der Waals surface area contributed by atoms with Crippen LogP contribution in [0.4, 0.5) is 4.39 Å². The largest absolute Gasteiger partial charge is 0.455 e. The molecule has 0 radical (unpaired) electrons. The Hall–Kier alpha value is -5.50. The summed E-state index contributed by atoms with van der Waals surface area (Å²) < 4.78 is 21.7. The summed E-state index contributed by atoms with van der Waals surface area (Å²) in [5.74, 6) is 0.451. The van der Waals surface area contributed by atoms with Gasteiger partial charge in [-0.05, 0) is 75.2 Å². The normalized spacial score (nSPS) is 11.2. The number of carbonyl (C=O) groups excluding carboxylic acids is 1. The van der Waals surface area contributed by atoms with E-state index in [2.05, 4.69) is 9.97 Å². The fraction of sp³-hybridized carbons (Fsp3) is 0.162. The van der Waals surface area contributed by atoms with Gasteiger partial charge in [-0.1, -0.05) is 30.3 Å². The van der Waals surface area contributed by atoms with E-state index in [-0.39, 0.29) is 29.2 Å². The average molecular weight is 599 g/mol. The number of benzene rings is 2. The van der Waals surface area contributed by atoms with Gasteiger partial charge >= 0.3 is 0 Å². The lowest BCUT2D eigenvalue weighted by Crippen LogP contribution is -2.24. The number of ether oxygens (including phenoxy) is 1. The Bertz CT molecular complexity index is 2090. The molecule has 0 saturated heterocycles. The molecule has 4 heterocycles. The highest BCUT2D eigenvalue weighted by atomic mass is 19.1. The van der Waals surface area contributed by atoms with Crippen LogP contribution in [0.1, 0.15) is 47.2 Å². The molecular weight excluding hydrogens is 567 g/mol. The number of Topliss-reactive ketones (excluding diaryl/α,β-unsaturated/α-hetero) is 1. The third kappa shape index (κ3) is 5.99. The quantitative estimate of drug-likeness (QED) is 0.165. The second-order valence-electron chi connectivity index (χ2n) is 11.2. The Balaban J connectivity index is 1.25. The number of nitrogens with zero attached hydrogens (tertiary/aromatic N) is 4. The van der Waals surface area contributed by atoms with Gasteiger partial charge in [-0.2, -0.15) is 0 Å². The highest BCUT2D eigenvalue weighted by Crippen LogP contribution is 2.32. The Kier molecular flexibility index (Phi) is 8.04. The number of aryl methyl sites for hydroxylation is 1. The molecule has 45 heavy (non-hydrogen) atoms. The molecule has 0 amide bonds. The smallest absolute Gasteiger partial charge is 0.200 e. The van der Waals surface area contributed by atoms with Gasteiger partial charge in [-0.15, -0.1) is 0 Å². The predicted molar refractivity (Wildman–Crippen MR) is 173 cm³/mol. The number of hydrogen-bond donors (Lipinski definition) is 0. The Morgan fingerprint density at radius 1 is 0.956 bits per heavy atom. The van der Waals surface area contributed by atoms with Gasteiger partial charge in [0.05, 0.1) is 11.1 Å². The highest BCUT2D eigenvalue weighted by Gasteiger charge is 2.21. The van der Waals surface area contributed by atoms with Crippen LogP contribution in [-0.2, 0) is 6.42 Å². The number of pyridine rings is 4. The van der Waals surface area contributed by atoms with Gasteiger partial charge < -0.3 is 9.30 Å². The number of carbonyl (C=O) groups is 1. The van der Waals surface area contributed by atoms with Crippen LogP contribution in [-0.4, -0.2) is 25.3 Å². The number of hydrogen-bond acceptors (Lipinski definition) is 6. The number of rotatable bonds is 8. The molecule has 7 nitrogen and oxygen atoms in total. The Labute approximate surface area is 260 Å². The predicted octanol–water partition coefficient (Wildman–Crippen LogP) is 8.08. The average Bonchev–Trinajstić information content (AvgIpc) is 3.03. The summed E-state index contributed by atoms with van der Waals surface area (Å²) in [5.41, 5.74) is 6.26. The monoisotopic (exact) mass is 598 g/mol. The van der Waals surface area contributed by atoms with Crippen molar-refractivity contribution in [3.8, 4) is 33.8 Å². The minimum atomic E-state index is -0.390. The lowest BCUT2D eigenvalue weighted by molar-refractivity contribution is 0.0991. The van der Waals surface area contributed by atoms with Gasteiger partial charge in [0.15, 0.2) is 17.0 Å². The van der Waals surface area contributed by atoms with Crippen LogP contribution in [0, 0.1) is 19.7 Å². The molecule has 0 saturated carbocycles. The first-order valence-corrected chi connectivity index (χ1v) is 14.7. The van der Waals surface area contributed by atoms with Crippen LogP contribution in [0.3, 0.4) is 0 Å². The van der Waals surface area contributed by atoms with E-state index >= 15 is 0 Å². The maximum atomic E-state index is 13.6. The van der Waals surface area contributed by atoms with Crippen molar-refractivity contribution in [2.45, 2.75) is 40.2 Å². The number of aromatic nitrogens is 4. The molecule has 0 atom stereocenters. The number of fused-ring (bicyclic) bond motifs is 1. The zero-order chi connectivity index (χ0) is 31.7. The maximum Gasteiger partial charge on any atom is 0.200 e. The molecule has 6 aromatic rings. The van der Waals surface area contributed by atoms with Crippen LogP contribution in [0.15, 0.2) is 102 Å². The van der Waals surface area contributed by atoms with Crippen LogP contribution in [0.25, 0.3) is 33.3 Å². The minimum Gasteiger partial charge on any atom is -0.455 e. The minimum absolute atomic E-state index is 0.0114. The molecule has 224 valence electrons. The SMILES string of the molecule is Cc1nc2c(Oc3ccc(CC(=O)c4cn(C(C)C)c(C)c(-c5ccc(F)cc5)c4=O)cc3)ccnc2cc1-c1cccnc1. The lowest BCUT2D eigenvalue weighted by atomic mass is 9.97. The van der Waals surface area contributed by atoms with E-state index in [0.29, 0.717) is 33.7 Å². The van der Waals surface area contributed by atoms with Crippen LogP contribution in [0.2, 0.25) is 0 Å². The molecule has 0 bridgehead atoms. The van der Waals surface area contributed by atoms with E-state index in [1.807, 2.05) is 62.6 Å². The summed E-state index contributed by atoms with van der Waals surface area (Å²) >= 11 is 0. The van der Waals surface area contributed by atoms with Gasteiger partial charge in [0.1, 0.15) is 17.1 Å². The van der Waals surface area contributed by atoms with Gasteiger partial charge in [0.25, 0.3) is 0 Å². The van der Waals surface area contributed by atoms with Crippen molar-refractivity contribution in [2.24, 2.45) is 0 Å². The molecule has 0 fully saturated rings. The van der Waals surface area contributed by atoms with E-state index in [1.165, 1.54) is 12.1 Å². The highest BCUT2D eigenvalue weighted by molar-refractivity contribution is 5.98. The molecule has 8 heteroatoms. The van der Waals surface area contributed by atoms with E-state index in [0.717, 1.165) is 28.1 Å². The van der Waals surface area contributed by atoms with E-state index in [4.69, 9.17) is 9.72 Å². The van der Waals surface area contributed by atoms with Crippen molar-refractivity contribution in [1.82, 2.24) is 19.5 Å². The zero-order valence-corrected chi connectivity index (χ0v) is 25.4. The third-order valence-corrected chi connectivity index (χ3v) is 7.83. The van der Waals surface area contributed by atoms with E-state index in [9.17, 15) is 14.0 Å². The third-order valence-electron chi connectivity index (χ3n) is 7.83. The van der Waals surface area contributed by atoms with Crippen molar-refractivity contribution >= 4 is 16.8 Å². The zero-order valence-electron chi connectivity index (χ0n) is 25.4. The van der Waals surface area contributed by atoms with Gasteiger partial charge in [0.2, 0.25) is 0 Å². The number of halogens is 1. The molecule has 0 aliphatic heterocycles. The summed E-state index contributed by atoms with van der Waals surface area (Å²) in [6, 6.07) is 20.6. The van der Waals surface area contributed by atoms with E-state index in [1.54, 1.807) is 55.1 Å². The molecule has 0 spiro atoms. The van der Waals surface area contributed by atoms with Crippen molar-refractivity contribution in [3.05, 3.63) is 136 Å². The topological polar surface area (TPSA) is 87.0 Å². The van der Waals surface area contributed by atoms with Gasteiger partial charge in [0, 0.05) is 71.4 Å². The summed E-state index contributed by atoms with van der Waals surface area (Å²) in [5, 5.41) is 0. The number of ketones is 1. The first-order valence-electron chi connectivity index (χ1n) is 14.7. The van der Waals surface area contributed by atoms with Gasteiger partial charge in [-0.3, -0.25) is 19.6 Å². The standard InChI is InChI=1S/C37H31FN4O3/c1-22(2)42-21-31(37(44)35(24(42)4)26-9-11-28(38)12-10-26)33(43)18-25-7-13-29(14-8-25)45-34-15-17-40-32-19-30(23(3)41-36(32)34)27-6-5-16-39-20-27/h5-17,19-22H,18H2,1-4H3.